The van der Waals surface area contributed by atoms with Gasteiger partial charge in [0, 0.05) is 56.2 Å². The van der Waals surface area contributed by atoms with Crippen molar-refractivity contribution in [2.24, 2.45) is 5.73 Å². The van der Waals surface area contributed by atoms with Crippen molar-refractivity contribution in [3.63, 3.8) is 0 Å². The first-order valence-corrected chi connectivity index (χ1v) is 15.1. The molecule has 0 aliphatic carbocycles. The van der Waals surface area contributed by atoms with Gasteiger partial charge in [-0.2, -0.15) is 0 Å². The molecule has 1 saturated heterocycles. The molecule has 218 valence electrons. The molecule has 2 aliphatic heterocycles. The zero-order valence-electron chi connectivity index (χ0n) is 23.5. The number of amides is 1. The van der Waals surface area contributed by atoms with Crippen molar-refractivity contribution < 1.29 is 27.4 Å². The van der Waals surface area contributed by atoms with Crippen LogP contribution in [0.5, 0.6) is 11.6 Å². The molecule has 1 fully saturated rings. The Morgan fingerprint density at radius 1 is 1.10 bits per heavy atom. The highest BCUT2D eigenvalue weighted by atomic mass is 32.2. The van der Waals surface area contributed by atoms with Crippen LogP contribution in [0.3, 0.4) is 0 Å². The molecule has 13 heteroatoms. The topological polar surface area (TPSA) is 168 Å². The van der Waals surface area contributed by atoms with Crippen LogP contribution in [0.1, 0.15) is 39.2 Å². The van der Waals surface area contributed by atoms with Gasteiger partial charge in [0.15, 0.2) is 20.6 Å². The summed E-state index contributed by atoms with van der Waals surface area (Å²) in [5, 5.41) is 5.87. The largest absolute Gasteiger partial charge is 0.479 e. The van der Waals surface area contributed by atoms with E-state index in [0.29, 0.717) is 79.4 Å². The minimum Gasteiger partial charge on any atom is -0.479 e. The molecule has 0 spiro atoms. The Balaban J connectivity index is 1.60. The number of pyridine rings is 3. The van der Waals surface area contributed by atoms with E-state index in [0.717, 1.165) is 11.8 Å². The second kappa shape index (κ2) is 10.9. The maximum absolute atomic E-state index is 12.7. The van der Waals surface area contributed by atoms with Crippen LogP contribution >= 0.6 is 0 Å². The number of sulfone groups is 1. The SMILES string of the molecule is CC(=O)Nc1cc(Nc2cc(C3(CN)CCOCC3)cc(S(C)(=O)=O)n2)c(-c2ccc3c(n2)OCC(C)(C)O3)cn1. The summed E-state index contributed by atoms with van der Waals surface area (Å²) in [6.07, 6.45) is 3.99. The number of carbonyl (C=O) groups is 1. The molecule has 41 heavy (non-hydrogen) atoms. The average Bonchev–Trinajstić information content (AvgIpc) is 2.92. The van der Waals surface area contributed by atoms with E-state index in [1.54, 1.807) is 30.5 Å². The van der Waals surface area contributed by atoms with Crippen LogP contribution in [0.25, 0.3) is 11.3 Å². The van der Waals surface area contributed by atoms with Crippen LogP contribution in [-0.4, -0.2) is 67.5 Å². The molecule has 5 rings (SSSR count). The Kier molecular flexibility index (Phi) is 7.62. The van der Waals surface area contributed by atoms with Gasteiger partial charge in [0.2, 0.25) is 5.91 Å². The zero-order valence-corrected chi connectivity index (χ0v) is 24.3. The monoisotopic (exact) mass is 582 g/mol. The third-order valence-corrected chi connectivity index (χ3v) is 8.12. The average molecular weight is 583 g/mol. The van der Waals surface area contributed by atoms with E-state index in [-0.39, 0.29) is 10.9 Å². The van der Waals surface area contributed by atoms with Crippen LogP contribution in [-0.2, 0) is 24.8 Å². The van der Waals surface area contributed by atoms with E-state index in [1.165, 1.54) is 6.92 Å². The first-order chi connectivity index (χ1) is 19.4. The Labute approximate surface area is 239 Å². The maximum Gasteiger partial charge on any atom is 0.257 e. The van der Waals surface area contributed by atoms with Crippen molar-refractivity contribution in [1.82, 2.24) is 15.0 Å². The fourth-order valence-electron chi connectivity index (χ4n) is 4.92. The lowest BCUT2D eigenvalue weighted by Gasteiger charge is -2.37. The smallest absolute Gasteiger partial charge is 0.257 e. The van der Waals surface area contributed by atoms with Gasteiger partial charge < -0.3 is 30.6 Å². The molecule has 4 N–H and O–H groups in total. The molecule has 0 unspecified atom stereocenters. The summed E-state index contributed by atoms with van der Waals surface area (Å²) < 4.78 is 42.7. The summed E-state index contributed by atoms with van der Waals surface area (Å²) >= 11 is 0. The lowest BCUT2D eigenvalue weighted by molar-refractivity contribution is -0.114. The van der Waals surface area contributed by atoms with E-state index in [2.05, 4.69) is 25.6 Å². The predicted molar refractivity (Wildman–Crippen MR) is 153 cm³/mol. The summed E-state index contributed by atoms with van der Waals surface area (Å²) in [5.74, 6) is 1.17. The standard InChI is InChI=1S/C28H34N6O6S/c1-17(35)31-23-13-21(19(14-30-23)20-5-6-22-26(33-20)39-16-27(2,3)40-22)32-24-11-18(12-25(34-24)41(4,36)37)28(15-29)7-9-38-10-8-28/h5-6,11-14H,7-10,15-16,29H2,1-4H3,(H2,30,31,32,34,35). The number of rotatable bonds is 7. The number of carbonyl (C=O) groups excluding carboxylic acids is 1. The van der Waals surface area contributed by atoms with Crippen LogP contribution in [0.4, 0.5) is 17.3 Å². The van der Waals surface area contributed by atoms with Crippen LogP contribution in [0.2, 0.25) is 0 Å². The third-order valence-electron chi connectivity index (χ3n) is 7.15. The fraction of sp³-hybridized carbons (Fsp3) is 0.429. The number of hydrogen-bond acceptors (Lipinski definition) is 11. The minimum atomic E-state index is -3.66. The zero-order chi connectivity index (χ0) is 29.4. The van der Waals surface area contributed by atoms with Gasteiger partial charge in [0.25, 0.3) is 5.88 Å². The van der Waals surface area contributed by atoms with Crippen LogP contribution in [0, 0.1) is 0 Å². The minimum absolute atomic E-state index is 0.0745. The number of nitrogens with one attached hydrogen (secondary N) is 2. The first kappa shape index (κ1) is 28.7. The fourth-order valence-corrected chi connectivity index (χ4v) is 5.52. The highest BCUT2D eigenvalue weighted by Gasteiger charge is 2.35. The van der Waals surface area contributed by atoms with E-state index >= 15 is 0 Å². The van der Waals surface area contributed by atoms with Crippen molar-refractivity contribution in [3.05, 3.63) is 42.1 Å². The molecule has 0 aromatic carbocycles. The van der Waals surface area contributed by atoms with Gasteiger partial charge in [-0.1, -0.05) is 0 Å². The van der Waals surface area contributed by atoms with Crippen molar-refractivity contribution in [2.75, 3.05) is 43.3 Å². The molecule has 0 atom stereocenters. The van der Waals surface area contributed by atoms with E-state index in [1.807, 2.05) is 19.9 Å². The Hall–Kier alpha value is -3.81. The lowest BCUT2D eigenvalue weighted by atomic mass is 9.74. The first-order valence-electron chi connectivity index (χ1n) is 13.3. The predicted octanol–water partition coefficient (Wildman–Crippen LogP) is 3.20. The molecule has 0 bridgehead atoms. The molecule has 3 aromatic rings. The second-order valence-electron chi connectivity index (χ2n) is 11.0. The van der Waals surface area contributed by atoms with Gasteiger partial charge in [-0.3, -0.25) is 4.79 Å². The number of nitrogens with two attached hydrogens (primary N) is 1. The summed E-state index contributed by atoms with van der Waals surface area (Å²) in [4.78, 5) is 25.2. The number of ether oxygens (including phenoxy) is 3. The van der Waals surface area contributed by atoms with Gasteiger partial charge in [0.05, 0.1) is 11.4 Å². The molecule has 1 amide bonds. The van der Waals surface area contributed by atoms with Crippen LogP contribution < -0.4 is 25.8 Å². The third kappa shape index (κ3) is 6.26. The number of anilines is 3. The number of aromatic nitrogens is 3. The Morgan fingerprint density at radius 2 is 1.85 bits per heavy atom. The van der Waals surface area contributed by atoms with Gasteiger partial charge in [-0.25, -0.2) is 23.4 Å². The van der Waals surface area contributed by atoms with Crippen molar-refractivity contribution in [1.29, 1.82) is 0 Å². The summed E-state index contributed by atoms with van der Waals surface area (Å²) in [5.41, 5.74) is 7.66. The quantitative estimate of drug-likeness (QED) is 0.374. The van der Waals surface area contributed by atoms with Gasteiger partial charge >= 0.3 is 0 Å². The summed E-state index contributed by atoms with van der Waals surface area (Å²) in [7, 11) is -3.66. The maximum atomic E-state index is 12.7. The molecule has 12 nitrogen and oxygen atoms in total. The number of fused-ring (bicyclic) bond motifs is 1. The Bertz CT molecular complexity index is 1590. The molecule has 3 aromatic heterocycles. The van der Waals surface area contributed by atoms with Crippen molar-refractivity contribution in [2.45, 2.75) is 49.7 Å². The summed E-state index contributed by atoms with van der Waals surface area (Å²) in [6.45, 7) is 6.95. The highest BCUT2D eigenvalue weighted by molar-refractivity contribution is 7.90. The molecule has 0 saturated carbocycles. The van der Waals surface area contributed by atoms with E-state index in [9.17, 15) is 13.2 Å². The van der Waals surface area contributed by atoms with E-state index < -0.39 is 20.9 Å². The molecule has 2 aliphatic rings. The normalized spacial score (nSPS) is 17.5. The van der Waals surface area contributed by atoms with Crippen molar-refractivity contribution >= 4 is 33.1 Å². The van der Waals surface area contributed by atoms with E-state index in [4.69, 9.17) is 19.9 Å². The highest BCUT2D eigenvalue weighted by Crippen LogP contribution is 2.39. The second-order valence-corrected chi connectivity index (χ2v) is 13.0. The van der Waals surface area contributed by atoms with Crippen molar-refractivity contribution in [3.8, 4) is 22.9 Å². The number of nitrogens with zero attached hydrogens (tertiary/aromatic N) is 3. The number of hydrogen-bond donors (Lipinski definition) is 3. The molecule has 0 radical (unpaired) electrons. The Morgan fingerprint density at radius 3 is 2.54 bits per heavy atom. The lowest BCUT2D eigenvalue weighted by Crippen LogP contribution is -2.40. The molecular weight excluding hydrogens is 548 g/mol. The molecule has 5 heterocycles. The molecular formula is C28H34N6O6S. The van der Waals surface area contributed by atoms with Gasteiger partial charge in [-0.15, -0.1) is 0 Å². The van der Waals surface area contributed by atoms with Gasteiger partial charge in [0.1, 0.15) is 23.8 Å². The van der Waals surface area contributed by atoms with Gasteiger partial charge in [-0.05, 0) is 56.5 Å². The summed E-state index contributed by atoms with van der Waals surface area (Å²) in [6, 6.07) is 8.61. The van der Waals surface area contributed by atoms with Crippen LogP contribution in [0.15, 0.2) is 41.6 Å².